The number of anilines is 1. The second-order valence-electron chi connectivity index (χ2n) is 4.08. The second kappa shape index (κ2) is 4.75. The van der Waals surface area contributed by atoms with Crippen LogP contribution in [0.4, 0.5) is 5.69 Å². The fourth-order valence-corrected chi connectivity index (χ4v) is 2.09. The van der Waals surface area contributed by atoms with E-state index in [1.807, 2.05) is 0 Å². The Labute approximate surface area is 105 Å². The molecule has 2 amide bonds. The van der Waals surface area contributed by atoms with Crippen LogP contribution in [0.3, 0.4) is 0 Å². The van der Waals surface area contributed by atoms with Crippen LogP contribution in [-0.2, 0) is 9.59 Å². The normalized spacial score (nSPS) is 19.5. The van der Waals surface area contributed by atoms with Gasteiger partial charge in [-0.25, -0.2) is 0 Å². The molecule has 4 nitrogen and oxygen atoms in total. The highest BCUT2D eigenvalue weighted by Crippen LogP contribution is 2.23. The first kappa shape index (κ1) is 11.9. The molecule has 0 bridgehead atoms. The first-order chi connectivity index (χ1) is 8.06. The van der Waals surface area contributed by atoms with Crippen LogP contribution < -0.4 is 10.2 Å². The smallest absolute Gasteiger partial charge is 0.229 e. The molecule has 1 saturated heterocycles. The lowest BCUT2D eigenvalue weighted by Crippen LogP contribution is -2.35. The molecule has 1 aliphatic rings. The van der Waals surface area contributed by atoms with Gasteiger partial charge < -0.3 is 10.2 Å². The van der Waals surface area contributed by atoms with Gasteiger partial charge in [0.05, 0.1) is 6.04 Å². The zero-order valence-electron chi connectivity index (χ0n) is 9.44. The summed E-state index contributed by atoms with van der Waals surface area (Å²) in [7, 11) is 0. The Kier molecular flexibility index (Phi) is 3.33. The maximum absolute atomic E-state index is 11.8. The van der Waals surface area contributed by atoms with Crippen molar-refractivity contribution in [3.8, 4) is 0 Å². The van der Waals surface area contributed by atoms with E-state index in [1.165, 1.54) is 6.92 Å². The second-order valence-corrected chi connectivity index (χ2v) is 4.52. The van der Waals surface area contributed by atoms with Gasteiger partial charge in [-0.05, 0) is 24.3 Å². The predicted molar refractivity (Wildman–Crippen MR) is 66.0 cm³/mol. The van der Waals surface area contributed by atoms with Gasteiger partial charge in [0.15, 0.2) is 0 Å². The highest BCUT2D eigenvalue weighted by molar-refractivity contribution is 6.30. The molecule has 1 atom stereocenters. The molecule has 1 N–H and O–H groups in total. The Balaban J connectivity index is 2.10. The third-order valence-corrected chi connectivity index (χ3v) is 2.92. The summed E-state index contributed by atoms with van der Waals surface area (Å²) >= 11 is 5.79. The lowest BCUT2D eigenvalue weighted by atomic mass is 10.2. The number of rotatable bonds is 2. The zero-order chi connectivity index (χ0) is 12.4. The maximum atomic E-state index is 11.8. The number of hydrogen-bond donors (Lipinski definition) is 1. The summed E-state index contributed by atoms with van der Waals surface area (Å²) in [6.07, 6.45) is 0.349. The quantitative estimate of drug-likeness (QED) is 0.869. The summed E-state index contributed by atoms with van der Waals surface area (Å²) in [5.41, 5.74) is 0.812. The first-order valence-electron chi connectivity index (χ1n) is 5.39. The number of carbonyl (C=O) groups excluding carboxylic acids is 2. The van der Waals surface area contributed by atoms with Crippen molar-refractivity contribution >= 4 is 29.1 Å². The molecule has 1 aromatic rings. The summed E-state index contributed by atoms with van der Waals surface area (Å²) in [5, 5.41) is 3.39. The standard InChI is InChI=1S/C12H13ClN2O2/c1-8(16)14-10-6-12(17)15(7-10)11-4-2-9(13)3-5-11/h2-5,10H,6-7H2,1H3,(H,14,16). The van der Waals surface area contributed by atoms with Crippen LogP contribution >= 0.6 is 11.6 Å². The van der Waals surface area contributed by atoms with Gasteiger partial charge in [-0.15, -0.1) is 0 Å². The first-order valence-corrected chi connectivity index (χ1v) is 5.77. The fraction of sp³-hybridized carbons (Fsp3) is 0.333. The monoisotopic (exact) mass is 252 g/mol. The predicted octanol–water partition coefficient (Wildman–Crippen LogP) is 1.58. The van der Waals surface area contributed by atoms with Gasteiger partial charge in [0.25, 0.3) is 0 Å². The van der Waals surface area contributed by atoms with Gasteiger partial charge in [0, 0.05) is 30.6 Å². The van der Waals surface area contributed by atoms with Crippen LogP contribution in [0, 0.1) is 0 Å². The number of hydrogen-bond acceptors (Lipinski definition) is 2. The highest BCUT2D eigenvalue weighted by atomic mass is 35.5. The van der Waals surface area contributed by atoms with E-state index in [4.69, 9.17) is 11.6 Å². The van der Waals surface area contributed by atoms with Gasteiger partial charge >= 0.3 is 0 Å². The van der Waals surface area contributed by atoms with E-state index in [1.54, 1.807) is 29.2 Å². The van der Waals surface area contributed by atoms with Crippen molar-refractivity contribution in [3.05, 3.63) is 29.3 Å². The maximum Gasteiger partial charge on any atom is 0.229 e. The molecule has 2 rings (SSSR count). The Morgan fingerprint density at radius 2 is 2.06 bits per heavy atom. The minimum absolute atomic E-state index is 0.0195. The highest BCUT2D eigenvalue weighted by Gasteiger charge is 2.30. The van der Waals surface area contributed by atoms with Crippen molar-refractivity contribution in [2.75, 3.05) is 11.4 Å². The van der Waals surface area contributed by atoms with Crippen molar-refractivity contribution < 1.29 is 9.59 Å². The van der Waals surface area contributed by atoms with E-state index in [0.29, 0.717) is 18.0 Å². The van der Waals surface area contributed by atoms with E-state index in [0.717, 1.165) is 5.69 Å². The summed E-state index contributed by atoms with van der Waals surface area (Å²) in [6.45, 7) is 1.97. The zero-order valence-corrected chi connectivity index (χ0v) is 10.2. The fourth-order valence-electron chi connectivity index (χ4n) is 1.96. The van der Waals surface area contributed by atoms with Gasteiger partial charge in [-0.1, -0.05) is 11.6 Å². The molecule has 0 radical (unpaired) electrons. The van der Waals surface area contributed by atoms with Crippen molar-refractivity contribution in [1.82, 2.24) is 5.32 Å². The topological polar surface area (TPSA) is 49.4 Å². The van der Waals surface area contributed by atoms with Gasteiger partial charge in [0.2, 0.25) is 11.8 Å². The lowest BCUT2D eigenvalue weighted by Gasteiger charge is -2.16. The Morgan fingerprint density at radius 3 is 2.65 bits per heavy atom. The van der Waals surface area contributed by atoms with Crippen LogP contribution in [0.5, 0.6) is 0 Å². The largest absolute Gasteiger partial charge is 0.351 e. The summed E-state index contributed by atoms with van der Waals surface area (Å²) in [6, 6.07) is 6.99. The van der Waals surface area contributed by atoms with Crippen molar-refractivity contribution in [3.63, 3.8) is 0 Å². The average Bonchev–Trinajstić information content (AvgIpc) is 2.59. The summed E-state index contributed by atoms with van der Waals surface area (Å²) in [5.74, 6) is -0.0909. The van der Waals surface area contributed by atoms with Crippen LogP contribution in [0.2, 0.25) is 5.02 Å². The molecule has 1 unspecified atom stereocenters. The average molecular weight is 253 g/mol. The van der Waals surface area contributed by atoms with Crippen LogP contribution in [0.1, 0.15) is 13.3 Å². The number of halogens is 1. The minimum Gasteiger partial charge on any atom is -0.351 e. The number of benzene rings is 1. The molecule has 0 saturated carbocycles. The van der Waals surface area contributed by atoms with Crippen LogP contribution in [-0.4, -0.2) is 24.4 Å². The molecule has 90 valence electrons. The number of amides is 2. The molecular formula is C12H13ClN2O2. The third kappa shape index (κ3) is 2.77. The summed E-state index contributed by atoms with van der Waals surface area (Å²) in [4.78, 5) is 24.4. The Bertz CT molecular complexity index is 444. The van der Waals surface area contributed by atoms with E-state index >= 15 is 0 Å². The molecule has 17 heavy (non-hydrogen) atoms. The molecule has 1 aromatic carbocycles. The van der Waals surface area contributed by atoms with E-state index in [9.17, 15) is 9.59 Å². The van der Waals surface area contributed by atoms with Crippen molar-refractivity contribution in [2.24, 2.45) is 0 Å². The molecule has 1 aliphatic heterocycles. The molecule has 1 fully saturated rings. The van der Waals surface area contributed by atoms with E-state index in [-0.39, 0.29) is 17.9 Å². The van der Waals surface area contributed by atoms with E-state index < -0.39 is 0 Å². The van der Waals surface area contributed by atoms with Gasteiger partial charge in [-0.2, -0.15) is 0 Å². The molecule has 5 heteroatoms. The molecule has 0 aliphatic carbocycles. The number of nitrogens with zero attached hydrogens (tertiary/aromatic N) is 1. The van der Waals surface area contributed by atoms with Crippen LogP contribution in [0.25, 0.3) is 0 Å². The van der Waals surface area contributed by atoms with Crippen LogP contribution in [0.15, 0.2) is 24.3 Å². The SMILES string of the molecule is CC(=O)NC1CC(=O)N(c2ccc(Cl)cc2)C1. The Morgan fingerprint density at radius 1 is 1.41 bits per heavy atom. The molecular weight excluding hydrogens is 240 g/mol. The van der Waals surface area contributed by atoms with Crippen molar-refractivity contribution in [2.45, 2.75) is 19.4 Å². The van der Waals surface area contributed by atoms with Gasteiger partial charge in [-0.3, -0.25) is 9.59 Å². The van der Waals surface area contributed by atoms with Gasteiger partial charge in [0.1, 0.15) is 0 Å². The number of carbonyl (C=O) groups is 2. The van der Waals surface area contributed by atoms with E-state index in [2.05, 4.69) is 5.32 Å². The number of nitrogens with one attached hydrogen (secondary N) is 1. The molecule has 0 aromatic heterocycles. The van der Waals surface area contributed by atoms with Crippen molar-refractivity contribution in [1.29, 1.82) is 0 Å². The molecule has 0 spiro atoms. The summed E-state index contributed by atoms with van der Waals surface area (Å²) < 4.78 is 0. The third-order valence-electron chi connectivity index (χ3n) is 2.67. The lowest BCUT2D eigenvalue weighted by molar-refractivity contribution is -0.119. The Hall–Kier alpha value is -1.55. The molecule has 1 heterocycles. The minimum atomic E-state index is -0.110.